The molecule has 0 saturated heterocycles. The van der Waals surface area contributed by atoms with Gasteiger partial charge in [-0.05, 0) is 0 Å². The number of ether oxygens (including phenoxy) is 2. The Kier molecular flexibility index (Phi) is 3.06. The van der Waals surface area contributed by atoms with Gasteiger partial charge in [-0.1, -0.05) is 23.2 Å². The summed E-state index contributed by atoms with van der Waals surface area (Å²) in [5, 5.41) is 0.892. The van der Waals surface area contributed by atoms with Gasteiger partial charge in [-0.3, -0.25) is 0 Å². The van der Waals surface area contributed by atoms with Crippen molar-refractivity contribution in [3.63, 3.8) is 0 Å². The maximum atomic E-state index is 5.82. The molecule has 0 atom stereocenters. The third-order valence-corrected chi connectivity index (χ3v) is 1.97. The summed E-state index contributed by atoms with van der Waals surface area (Å²) in [6.07, 6.45) is 0. The van der Waals surface area contributed by atoms with Crippen LogP contribution in [0.5, 0.6) is 11.5 Å². The summed E-state index contributed by atoms with van der Waals surface area (Å²) in [4.78, 5) is 0. The largest absolute Gasteiger partial charge is 0.497 e. The first-order valence-corrected chi connectivity index (χ1v) is 4.01. The van der Waals surface area contributed by atoms with Crippen molar-refractivity contribution < 1.29 is 9.47 Å². The van der Waals surface area contributed by atoms with Crippen molar-refractivity contribution >= 4 is 23.2 Å². The Balaban J connectivity index is 3.18. The van der Waals surface area contributed by atoms with Gasteiger partial charge in [0.15, 0.2) is 5.75 Å². The van der Waals surface area contributed by atoms with E-state index in [9.17, 15) is 0 Å². The summed E-state index contributed by atoms with van der Waals surface area (Å²) >= 11 is 11.6. The smallest absolute Gasteiger partial charge is 0.156 e. The quantitative estimate of drug-likeness (QED) is 0.741. The van der Waals surface area contributed by atoms with E-state index in [2.05, 4.69) is 0 Å². The summed E-state index contributed by atoms with van der Waals surface area (Å²) in [5.74, 6) is 1.09. The molecule has 0 amide bonds. The highest BCUT2D eigenvalue weighted by molar-refractivity contribution is 6.37. The molecule has 0 heterocycles. The number of hydrogen-bond acceptors (Lipinski definition) is 2. The second-order valence-electron chi connectivity index (χ2n) is 2.12. The number of hydrogen-bond donors (Lipinski definition) is 0. The zero-order valence-corrected chi connectivity index (χ0v) is 8.24. The molecule has 0 unspecified atom stereocenters. The second-order valence-corrected chi connectivity index (χ2v) is 2.94. The zero-order valence-electron chi connectivity index (χ0n) is 6.73. The molecule has 0 aliphatic heterocycles. The summed E-state index contributed by atoms with van der Waals surface area (Å²) in [5.41, 5.74) is 0. The van der Waals surface area contributed by atoms with Gasteiger partial charge in [0.05, 0.1) is 24.3 Å². The van der Waals surface area contributed by atoms with Crippen molar-refractivity contribution in [2.24, 2.45) is 0 Å². The molecule has 2 nitrogen and oxygen atoms in total. The van der Waals surface area contributed by atoms with Gasteiger partial charge in [0.25, 0.3) is 0 Å². The summed E-state index contributed by atoms with van der Waals surface area (Å²) in [6.45, 7) is 0. The lowest BCUT2D eigenvalue weighted by molar-refractivity contribution is 0.403. The Morgan fingerprint density at radius 3 is 1.83 bits per heavy atom. The first kappa shape index (κ1) is 9.49. The molecule has 1 aromatic rings. The lowest BCUT2D eigenvalue weighted by atomic mass is 10.3. The maximum Gasteiger partial charge on any atom is 0.156 e. The van der Waals surface area contributed by atoms with Crippen LogP contribution in [0.4, 0.5) is 0 Å². The van der Waals surface area contributed by atoms with Gasteiger partial charge in [0, 0.05) is 12.1 Å². The van der Waals surface area contributed by atoms with Gasteiger partial charge < -0.3 is 9.47 Å². The molecule has 0 aromatic heterocycles. The van der Waals surface area contributed by atoms with E-state index in [1.54, 1.807) is 19.2 Å². The standard InChI is InChI=1S/C8H8Cl2O2/c1-11-5-3-6(9)8(12-2)7(10)4-5/h3-4H,1-2H3. The summed E-state index contributed by atoms with van der Waals surface area (Å²) < 4.78 is 9.91. The normalized spacial score (nSPS) is 9.67. The Hall–Kier alpha value is -0.600. The molecule has 12 heavy (non-hydrogen) atoms. The van der Waals surface area contributed by atoms with E-state index in [1.165, 1.54) is 7.11 Å². The van der Waals surface area contributed by atoms with Gasteiger partial charge in [0.2, 0.25) is 0 Å². The predicted octanol–water partition coefficient (Wildman–Crippen LogP) is 3.01. The van der Waals surface area contributed by atoms with E-state index >= 15 is 0 Å². The lowest BCUT2D eigenvalue weighted by Crippen LogP contribution is -1.88. The lowest BCUT2D eigenvalue weighted by Gasteiger charge is -2.07. The Labute approximate surface area is 81.0 Å². The van der Waals surface area contributed by atoms with Crippen LogP contribution in [0.2, 0.25) is 10.0 Å². The average Bonchev–Trinajstić information content (AvgIpc) is 2.03. The highest BCUT2D eigenvalue weighted by atomic mass is 35.5. The number of benzene rings is 1. The Morgan fingerprint density at radius 1 is 1.00 bits per heavy atom. The van der Waals surface area contributed by atoms with Crippen molar-refractivity contribution in [3.05, 3.63) is 22.2 Å². The Morgan fingerprint density at radius 2 is 1.50 bits per heavy atom. The maximum absolute atomic E-state index is 5.82. The van der Waals surface area contributed by atoms with Crippen molar-refractivity contribution in [2.75, 3.05) is 14.2 Å². The molecule has 0 bridgehead atoms. The van der Waals surface area contributed by atoms with E-state index < -0.39 is 0 Å². The minimum absolute atomic E-state index is 0.446. The van der Waals surface area contributed by atoms with Crippen LogP contribution in [0.3, 0.4) is 0 Å². The molecule has 1 aromatic carbocycles. The van der Waals surface area contributed by atoms with Gasteiger partial charge in [-0.2, -0.15) is 0 Å². The molecule has 0 aliphatic rings. The monoisotopic (exact) mass is 206 g/mol. The molecule has 1 rings (SSSR count). The van der Waals surface area contributed by atoms with Crippen molar-refractivity contribution in [1.29, 1.82) is 0 Å². The van der Waals surface area contributed by atoms with E-state index in [4.69, 9.17) is 32.7 Å². The summed E-state index contributed by atoms with van der Waals surface area (Å²) in [6, 6.07) is 3.29. The highest BCUT2D eigenvalue weighted by Gasteiger charge is 2.07. The minimum atomic E-state index is 0.446. The van der Waals surface area contributed by atoms with Gasteiger partial charge in [-0.15, -0.1) is 0 Å². The average molecular weight is 207 g/mol. The van der Waals surface area contributed by atoms with Crippen LogP contribution in [-0.4, -0.2) is 14.2 Å². The van der Waals surface area contributed by atoms with E-state index in [0.29, 0.717) is 21.5 Å². The minimum Gasteiger partial charge on any atom is -0.497 e. The van der Waals surface area contributed by atoms with Crippen LogP contribution in [0.15, 0.2) is 12.1 Å². The molecule has 0 fully saturated rings. The fraction of sp³-hybridized carbons (Fsp3) is 0.250. The first-order valence-electron chi connectivity index (χ1n) is 3.26. The van der Waals surface area contributed by atoms with Crippen LogP contribution in [-0.2, 0) is 0 Å². The summed E-state index contributed by atoms with van der Waals surface area (Å²) in [7, 11) is 3.06. The fourth-order valence-corrected chi connectivity index (χ4v) is 1.47. The SMILES string of the molecule is COc1cc(Cl)c(OC)c(Cl)c1. The van der Waals surface area contributed by atoms with Crippen molar-refractivity contribution in [1.82, 2.24) is 0 Å². The Bertz CT molecular complexity index is 263. The van der Waals surface area contributed by atoms with Crippen LogP contribution < -0.4 is 9.47 Å². The van der Waals surface area contributed by atoms with Crippen LogP contribution in [0.25, 0.3) is 0 Å². The van der Waals surface area contributed by atoms with Crippen molar-refractivity contribution in [3.8, 4) is 11.5 Å². The van der Waals surface area contributed by atoms with E-state index in [1.807, 2.05) is 0 Å². The van der Waals surface area contributed by atoms with Gasteiger partial charge in [-0.25, -0.2) is 0 Å². The van der Waals surface area contributed by atoms with Gasteiger partial charge >= 0.3 is 0 Å². The molecule has 4 heteroatoms. The second kappa shape index (κ2) is 3.87. The highest BCUT2D eigenvalue weighted by Crippen LogP contribution is 2.36. The molecule has 66 valence electrons. The first-order chi connectivity index (χ1) is 5.69. The van der Waals surface area contributed by atoms with Crippen LogP contribution in [0, 0.1) is 0 Å². The molecule has 0 radical (unpaired) electrons. The predicted molar refractivity (Wildman–Crippen MR) is 49.6 cm³/mol. The van der Waals surface area contributed by atoms with E-state index in [0.717, 1.165) is 0 Å². The fourth-order valence-electron chi connectivity index (χ4n) is 0.849. The van der Waals surface area contributed by atoms with Crippen LogP contribution in [0.1, 0.15) is 0 Å². The molecule has 0 saturated carbocycles. The number of halogens is 2. The number of methoxy groups -OCH3 is 2. The molecule has 0 spiro atoms. The molecular weight excluding hydrogens is 199 g/mol. The third kappa shape index (κ3) is 1.76. The number of rotatable bonds is 2. The molecular formula is C8H8Cl2O2. The zero-order chi connectivity index (χ0) is 9.14. The topological polar surface area (TPSA) is 18.5 Å². The van der Waals surface area contributed by atoms with E-state index in [-0.39, 0.29) is 0 Å². The van der Waals surface area contributed by atoms with Crippen LogP contribution >= 0.6 is 23.2 Å². The third-order valence-electron chi connectivity index (χ3n) is 1.41. The molecule has 0 N–H and O–H groups in total. The van der Waals surface area contributed by atoms with Gasteiger partial charge in [0.1, 0.15) is 5.75 Å². The molecule has 0 aliphatic carbocycles. The van der Waals surface area contributed by atoms with Crippen molar-refractivity contribution in [2.45, 2.75) is 0 Å².